The Labute approximate surface area is 103 Å². The zero-order valence-electron chi connectivity index (χ0n) is 9.05. The molecule has 0 aliphatic rings. The summed E-state index contributed by atoms with van der Waals surface area (Å²) >= 11 is 5.16. The van der Waals surface area contributed by atoms with Gasteiger partial charge in [-0.05, 0) is 17.7 Å². The summed E-state index contributed by atoms with van der Waals surface area (Å²) in [7, 11) is 1.50. The number of halogens is 1. The van der Waals surface area contributed by atoms with Crippen LogP contribution in [0, 0.1) is 0 Å². The summed E-state index contributed by atoms with van der Waals surface area (Å²) in [5.41, 5.74) is 0.304. The number of rotatable bonds is 4. The third-order valence-electron chi connectivity index (χ3n) is 1.98. The van der Waals surface area contributed by atoms with Crippen molar-refractivity contribution in [2.75, 3.05) is 13.0 Å². The zero-order chi connectivity index (χ0) is 12.8. The molecule has 17 heavy (non-hydrogen) atoms. The molecule has 1 atom stereocenters. The summed E-state index contributed by atoms with van der Waals surface area (Å²) < 4.78 is 9.20. The van der Waals surface area contributed by atoms with Gasteiger partial charge in [-0.15, -0.1) is 11.6 Å². The lowest BCUT2D eigenvalue weighted by Gasteiger charge is -2.09. The SMILES string of the molecule is COc1ccc([C@H](O)C(=O)OC(=O)CCl)cc1. The first-order valence-corrected chi connectivity index (χ1v) is 5.24. The van der Waals surface area contributed by atoms with Gasteiger partial charge in [0, 0.05) is 0 Å². The van der Waals surface area contributed by atoms with Gasteiger partial charge in [-0.3, -0.25) is 4.79 Å². The zero-order valence-corrected chi connectivity index (χ0v) is 9.81. The molecule has 6 heteroatoms. The lowest BCUT2D eigenvalue weighted by Crippen LogP contribution is -2.20. The molecule has 0 aliphatic carbocycles. The van der Waals surface area contributed by atoms with E-state index >= 15 is 0 Å². The first-order valence-electron chi connectivity index (χ1n) is 4.71. The smallest absolute Gasteiger partial charge is 0.347 e. The van der Waals surface area contributed by atoms with Gasteiger partial charge in [0.05, 0.1) is 7.11 Å². The van der Waals surface area contributed by atoms with Crippen LogP contribution in [0.3, 0.4) is 0 Å². The molecule has 0 aliphatic heterocycles. The third kappa shape index (κ3) is 3.72. The maximum absolute atomic E-state index is 11.3. The number of benzene rings is 1. The molecule has 92 valence electrons. The van der Waals surface area contributed by atoms with E-state index in [9.17, 15) is 14.7 Å². The number of alkyl halides is 1. The molecule has 0 fully saturated rings. The minimum atomic E-state index is -1.52. The van der Waals surface area contributed by atoms with Gasteiger partial charge in [0.25, 0.3) is 0 Å². The largest absolute Gasteiger partial charge is 0.497 e. The monoisotopic (exact) mass is 258 g/mol. The van der Waals surface area contributed by atoms with Crippen molar-refractivity contribution >= 4 is 23.5 Å². The highest BCUT2D eigenvalue weighted by atomic mass is 35.5. The van der Waals surface area contributed by atoms with Crippen molar-refractivity contribution in [2.45, 2.75) is 6.10 Å². The second kappa shape index (κ2) is 6.22. The van der Waals surface area contributed by atoms with Crippen molar-refractivity contribution in [3.63, 3.8) is 0 Å². The Morgan fingerprint density at radius 3 is 2.41 bits per heavy atom. The molecule has 0 aromatic heterocycles. The maximum Gasteiger partial charge on any atom is 0.347 e. The molecule has 1 aromatic rings. The normalized spacial score (nSPS) is 11.7. The van der Waals surface area contributed by atoms with Gasteiger partial charge in [0.15, 0.2) is 6.10 Å². The van der Waals surface area contributed by atoms with E-state index in [1.807, 2.05) is 0 Å². The molecule has 0 heterocycles. The Morgan fingerprint density at radius 2 is 1.94 bits per heavy atom. The number of hydrogen-bond donors (Lipinski definition) is 1. The second-order valence-corrected chi connectivity index (χ2v) is 3.37. The van der Waals surface area contributed by atoms with Gasteiger partial charge >= 0.3 is 11.9 Å². The molecule has 5 nitrogen and oxygen atoms in total. The Morgan fingerprint density at radius 1 is 1.35 bits per heavy atom. The highest BCUT2D eigenvalue weighted by Crippen LogP contribution is 2.18. The van der Waals surface area contributed by atoms with Crippen LogP contribution in [0.5, 0.6) is 5.75 Å². The van der Waals surface area contributed by atoms with Crippen LogP contribution in [-0.4, -0.2) is 30.0 Å². The standard InChI is InChI=1S/C11H11ClO5/c1-16-8-4-2-7(3-5-8)10(14)11(15)17-9(13)6-12/h2-5,10,14H,6H2,1H3/t10-/m0/s1. The van der Waals surface area contributed by atoms with Crippen LogP contribution >= 0.6 is 11.6 Å². The second-order valence-electron chi connectivity index (χ2n) is 3.10. The first kappa shape index (κ1) is 13.5. The van der Waals surface area contributed by atoms with Crippen LogP contribution in [0.2, 0.25) is 0 Å². The van der Waals surface area contributed by atoms with Crippen molar-refractivity contribution in [3.8, 4) is 5.75 Å². The predicted molar refractivity (Wildman–Crippen MR) is 59.8 cm³/mol. The molecule has 1 N–H and O–H groups in total. The summed E-state index contributed by atoms with van der Waals surface area (Å²) in [6.07, 6.45) is -1.52. The summed E-state index contributed by atoms with van der Waals surface area (Å²) in [5.74, 6) is -1.81. The Balaban J connectivity index is 2.71. The molecule has 0 radical (unpaired) electrons. The highest BCUT2D eigenvalue weighted by molar-refractivity contribution is 6.27. The van der Waals surface area contributed by atoms with E-state index in [0.717, 1.165) is 0 Å². The van der Waals surface area contributed by atoms with E-state index in [1.165, 1.54) is 19.2 Å². The van der Waals surface area contributed by atoms with Crippen LogP contribution in [0.1, 0.15) is 11.7 Å². The number of aliphatic hydroxyl groups is 1. The fourth-order valence-corrected chi connectivity index (χ4v) is 1.17. The van der Waals surface area contributed by atoms with Gasteiger partial charge < -0.3 is 14.6 Å². The van der Waals surface area contributed by atoms with Crippen LogP contribution in [0.25, 0.3) is 0 Å². The van der Waals surface area contributed by atoms with Crippen molar-refractivity contribution in [2.24, 2.45) is 0 Å². The molecule has 0 amide bonds. The number of esters is 2. The highest BCUT2D eigenvalue weighted by Gasteiger charge is 2.21. The van der Waals surface area contributed by atoms with Crippen molar-refractivity contribution in [1.29, 1.82) is 0 Å². The van der Waals surface area contributed by atoms with Crippen LogP contribution in [-0.2, 0) is 14.3 Å². The van der Waals surface area contributed by atoms with E-state index in [4.69, 9.17) is 16.3 Å². The van der Waals surface area contributed by atoms with E-state index in [2.05, 4.69) is 4.74 Å². The molecule has 1 rings (SSSR count). The molecule has 1 aromatic carbocycles. The van der Waals surface area contributed by atoms with Crippen LogP contribution < -0.4 is 4.74 Å². The van der Waals surface area contributed by atoms with E-state index in [0.29, 0.717) is 11.3 Å². The lowest BCUT2D eigenvalue weighted by molar-refractivity contribution is -0.164. The Kier molecular flexibility index (Phi) is 4.93. The van der Waals surface area contributed by atoms with Gasteiger partial charge in [-0.25, -0.2) is 4.79 Å². The average Bonchev–Trinajstić information content (AvgIpc) is 2.37. The molecule has 0 spiro atoms. The third-order valence-corrected chi connectivity index (χ3v) is 2.20. The van der Waals surface area contributed by atoms with Gasteiger partial charge in [-0.1, -0.05) is 12.1 Å². The topological polar surface area (TPSA) is 72.8 Å². The predicted octanol–water partition coefficient (Wildman–Crippen LogP) is 1.04. The lowest BCUT2D eigenvalue weighted by atomic mass is 10.1. The molecular weight excluding hydrogens is 248 g/mol. The number of methoxy groups -OCH3 is 1. The molecular formula is C11H11ClO5. The maximum atomic E-state index is 11.3. The quantitative estimate of drug-likeness (QED) is 0.496. The Hall–Kier alpha value is -1.59. The number of carbonyl (C=O) groups is 2. The van der Waals surface area contributed by atoms with Crippen LogP contribution in [0.15, 0.2) is 24.3 Å². The Bertz CT molecular complexity index is 401. The van der Waals surface area contributed by atoms with Gasteiger partial charge in [0.2, 0.25) is 0 Å². The molecule has 0 unspecified atom stereocenters. The van der Waals surface area contributed by atoms with Crippen molar-refractivity contribution < 1.29 is 24.2 Å². The molecule has 0 saturated carbocycles. The summed E-state index contributed by atoms with van der Waals surface area (Å²) in [5, 5.41) is 9.59. The number of hydrogen-bond acceptors (Lipinski definition) is 5. The van der Waals surface area contributed by atoms with Gasteiger partial charge in [-0.2, -0.15) is 0 Å². The molecule has 0 saturated heterocycles. The van der Waals surface area contributed by atoms with E-state index < -0.39 is 23.9 Å². The summed E-state index contributed by atoms with van der Waals surface area (Å²) in [6.45, 7) is 0. The van der Waals surface area contributed by atoms with E-state index in [-0.39, 0.29) is 0 Å². The van der Waals surface area contributed by atoms with E-state index in [1.54, 1.807) is 12.1 Å². The number of ether oxygens (including phenoxy) is 2. The summed E-state index contributed by atoms with van der Waals surface area (Å²) in [6, 6.07) is 6.15. The number of carbonyl (C=O) groups excluding carboxylic acids is 2. The van der Waals surface area contributed by atoms with Crippen molar-refractivity contribution in [1.82, 2.24) is 0 Å². The van der Waals surface area contributed by atoms with Crippen molar-refractivity contribution in [3.05, 3.63) is 29.8 Å². The van der Waals surface area contributed by atoms with Crippen LogP contribution in [0.4, 0.5) is 0 Å². The minimum Gasteiger partial charge on any atom is -0.497 e. The summed E-state index contributed by atoms with van der Waals surface area (Å²) in [4.78, 5) is 22.0. The minimum absolute atomic E-state index is 0.304. The number of aliphatic hydroxyl groups excluding tert-OH is 1. The first-order chi connectivity index (χ1) is 8.08. The van der Waals surface area contributed by atoms with Gasteiger partial charge in [0.1, 0.15) is 11.6 Å². The average molecular weight is 259 g/mol. The fourth-order valence-electron chi connectivity index (χ4n) is 1.12. The fraction of sp³-hybridized carbons (Fsp3) is 0.273. The molecule has 0 bridgehead atoms.